The van der Waals surface area contributed by atoms with Crippen LogP contribution >= 0.6 is 11.8 Å². The number of fused-ring (bicyclic) bond motifs is 1. The van der Waals surface area contributed by atoms with Crippen LogP contribution in [-0.2, 0) is 4.79 Å². The molecule has 2 aliphatic rings. The van der Waals surface area contributed by atoms with Crippen LogP contribution in [0.3, 0.4) is 0 Å². The molecule has 0 atom stereocenters. The van der Waals surface area contributed by atoms with Crippen LogP contribution in [0.1, 0.15) is 35.0 Å². The number of carbonyl (C=O) groups excluding carboxylic acids is 1. The predicted octanol–water partition coefficient (Wildman–Crippen LogP) is 4.88. The molecular formula is C22H22N4OS. The molecule has 0 spiro atoms. The Balaban J connectivity index is 1.83. The number of rotatable bonds is 2. The van der Waals surface area contributed by atoms with Crippen LogP contribution < -0.4 is 0 Å². The summed E-state index contributed by atoms with van der Waals surface area (Å²) in [5.41, 5.74) is 7.86. The number of aliphatic imine (C=N–C) groups is 1. The molecular weight excluding hydrogens is 368 g/mol. The molecule has 3 heterocycles. The first-order valence-electron chi connectivity index (χ1n) is 9.12. The van der Waals surface area contributed by atoms with Gasteiger partial charge in [-0.15, -0.1) is 0 Å². The SMILES string of the molecule is CC1=CSC2=NC(=O)/C(=C\c3cc(C)n(-c4c(C)cccc4C)c3C)C(=N)N12. The summed E-state index contributed by atoms with van der Waals surface area (Å²) in [5, 5.41) is 11.0. The van der Waals surface area contributed by atoms with Crippen LogP contribution in [0.2, 0.25) is 0 Å². The molecule has 0 bridgehead atoms. The van der Waals surface area contributed by atoms with Crippen LogP contribution in [0.5, 0.6) is 0 Å². The van der Waals surface area contributed by atoms with Gasteiger partial charge in [0.25, 0.3) is 5.91 Å². The summed E-state index contributed by atoms with van der Waals surface area (Å²) >= 11 is 1.38. The molecule has 0 aliphatic carbocycles. The number of amidine groups is 2. The fourth-order valence-electron chi connectivity index (χ4n) is 3.83. The fraction of sp³-hybridized carbons (Fsp3) is 0.227. The Bertz CT molecular complexity index is 1110. The third kappa shape index (κ3) is 2.76. The van der Waals surface area contributed by atoms with Crippen molar-refractivity contribution in [2.45, 2.75) is 34.6 Å². The molecule has 0 saturated carbocycles. The van der Waals surface area contributed by atoms with E-state index in [2.05, 4.69) is 54.6 Å². The molecule has 0 saturated heterocycles. The number of para-hydroxylation sites is 1. The van der Waals surface area contributed by atoms with Gasteiger partial charge in [-0.2, -0.15) is 4.99 Å². The van der Waals surface area contributed by atoms with Crippen molar-refractivity contribution in [3.8, 4) is 5.69 Å². The number of hydrogen-bond donors (Lipinski definition) is 1. The molecule has 5 nitrogen and oxygen atoms in total. The van der Waals surface area contributed by atoms with Crippen molar-refractivity contribution in [2.75, 3.05) is 0 Å². The smallest absolute Gasteiger partial charge is 0.283 e. The zero-order valence-corrected chi connectivity index (χ0v) is 17.4. The third-order valence-corrected chi connectivity index (χ3v) is 6.16. The predicted molar refractivity (Wildman–Crippen MR) is 116 cm³/mol. The van der Waals surface area contributed by atoms with Crippen molar-refractivity contribution < 1.29 is 4.79 Å². The molecule has 1 aromatic carbocycles. The lowest BCUT2D eigenvalue weighted by molar-refractivity contribution is -0.114. The van der Waals surface area contributed by atoms with E-state index >= 15 is 0 Å². The summed E-state index contributed by atoms with van der Waals surface area (Å²) < 4.78 is 2.22. The first-order valence-corrected chi connectivity index (χ1v) is 10.00. The summed E-state index contributed by atoms with van der Waals surface area (Å²) in [7, 11) is 0. The van der Waals surface area contributed by atoms with E-state index in [4.69, 9.17) is 5.41 Å². The third-order valence-electron chi connectivity index (χ3n) is 5.22. The molecule has 2 aliphatic heterocycles. The van der Waals surface area contributed by atoms with Crippen LogP contribution in [0.15, 0.2) is 45.9 Å². The highest BCUT2D eigenvalue weighted by atomic mass is 32.2. The Morgan fingerprint density at radius 3 is 2.46 bits per heavy atom. The van der Waals surface area contributed by atoms with Crippen molar-refractivity contribution in [1.82, 2.24) is 9.47 Å². The van der Waals surface area contributed by atoms with E-state index in [1.54, 1.807) is 11.0 Å². The van der Waals surface area contributed by atoms with Gasteiger partial charge in [0, 0.05) is 17.1 Å². The summed E-state index contributed by atoms with van der Waals surface area (Å²) in [6.07, 6.45) is 1.80. The Kier molecular flexibility index (Phi) is 4.38. The van der Waals surface area contributed by atoms with Crippen LogP contribution in [0.4, 0.5) is 0 Å². The van der Waals surface area contributed by atoms with Gasteiger partial charge in [0.05, 0.1) is 11.3 Å². The van der Waals surface area contributed by atoms with Gasteiger partial charge in [0.15, 0.2) is 5.17 Å². The van der Waals surface area contributed by atoms with E-state index in [-0.39, 0.29) is 11.7 Å². The maximum absolute atomic E-state index is 12.6. The minimum absolute atomic E-state index is 0.186. The number of thioether (sulfide) groups is 1. The number of hydrogen-bond acceptors (Lipinski definition) is 3. The highest BCUT2D eigenvalue weighted by molar-refractivity contribution is 8.16. The first kappa shape index (κ1) is 18.5. The molecule has 0 unspecified atom stereocenters. The Morgan fingerprint density at radius 1 is 1.11 bits per heavy atom. The molecule has 142 valence electrons. The molecule has 1 aromatic heterocycles. The molecule has 6 heteroatoms. The number of amides is 1. The maximum atomic E-state index is 12.6. The molecule has 2 aromatic rings. The highest BCUT2D eigenvalue weighted by Crippen LogP contribution is 2.33. The van der Waals surface area contributed by atoms with Gasteiger partial charge in [-0.05, 0) is 68.9 Å². The largest absolute Gasteiger partial charge is 0.317 e. The zero-order valence-electron chi connectivity index (χ0n) is 16.6. The zero-order chi connectivity index (χ0) is 20.2. The summed E-state index contributed by atoms with van der Waals surface area (Å²) in [5.74, 6) is -0.172. The van der Waals surface area contributed by atoms with Crippen LogP contribution in [-0.4, -0.2) is 26.4 Å². The summed E-state index contributed by atoms with van der Waals surface area (Å²) in [6.45, 7) is 10.2. The Morgan fingerprint density at radius 2 is 1.79 bits per heavy atom. The standard InChI is InChI=1S/C22H22N4OS/c1-12-7-6-8-13(2)19(12)25-14(3)9-17(16(25)5)10-18-20(23)26-15(4)11-28-22(26)24-21(18)27/h6-11,23H,1-5H3/b18-10-,23-20?. The monoisotopic (exact) mass is 390 g/mol. The maximum Gasteiger partial charge on any atom is 0.283 e. The molecule has 1 N–H and O–H groups in total. The van der Waals surface area contributed by atoms with E-state index < -0.39 is 0 Å². The van der Waals surface area contributed by atoms with Gasteiger partial charge < -0.3 is 4.57 Å². The number of carbonyl (C=O) groups is 1. The van der Waals surface area contributed by atoms with Crippen molar-refractivity contribution >= 4 is 34.7 Å². The van der Waals surface area contributed by atoms with E-state index in [1.807, 2.05) is 19.3 Å². The van der Waals surface area contributed by atoms with E-state index in [1.165, 1.54) is 28.6 Å². The van der Waals surface area contributed by atoms with Gasteiger partial charge in [-0.25, -0.2) is 0 Å². The number of aryl methyl sites for hydroxylation is 3. The second-order valence-electron chi connectivity index (χ2n) is 7.22. The first-order chi connectivity index (χ1) is 13.3. The molecule has 0 fully saturated rings. The van der Waals surface area contributed by atoms with Gasteiger partial charge in [0.1, 0.15) is 5.84 Å². The average molecular weight is 391 g/mol. The van der Waals surface area contributed by atoms with E-state index in [0.717, 1.165) is 22.6 Å². The lowest BCUT2D eigenvalue weighted by atomic mass is 10.1. The summed E-state index contributed by atoms with van der Waals surface area (Å²) in [4.78, 5) is 18.5. The van der Waals surface area contributed by atoms with Crippen molar-refractivity contribution in [3.63, 3.8) is 0 Å². The van der Waals surface area contributed by atoms with E-state index in [9.17, 15) is 4.79 Å². The second-order valence-corrected chi connectivity index (χ2v) is 8.06. The van der Waals surface area contributed by atoms with Gasteiger partial charge in [-0.1, -0.05) is 30.0 Å². The number of aromatic nitrogens is 1. The van der Waals surface area contributed by atoms with Gasteiger partial charge >= 0.3 is 0 Å². The number of nitrogens with zero attached hydrogens (tertiary/aromatic N) is 3. The molecule has 0 radical (unpaired) electrons. The lowest BCUT2D eigenvalue weighted by Gasteiger charge is -2.25. The minimum Gasteiger partial charge on any atom is -0.317 e. The normalized spacial score (nSPS) is 17.9. The number of allylic oxidation sites excluding steroid dienone is 1. The summed E-state index contributed by atoms with van der Waals surface area (Å²) in [6, 6.07) is 8.34. The van der Waals surface area contributed by atoms with Crippen molar-refractivity contribution in [1.29, 1.82) is 5.41 Å². The quantitative estimate of drug-likeness (QED) is 0.744. The minimum atomic E-state index is -0.358. The molecule has 1 amide bonds. The van der Waals surface area contributed by atoms with Crippen molar-refractivity contribution in [3.05, 3.63) is 69.0 Å². The van der Waals surface area contributed by atoms with E-state index in [0.29, 0.717) is 10.7 Å². The molecule has 4 rings (SSSR count). The number of benzene rings is 1. The Labute approximate surface area is 169 Å². The fourth-order valence-corrected chi connectivity index (χ4v) is 4.69. The van der Waals surface area contributed by atoms with Crippen LogP contribution in [0.25, 0.3) is 11.8 Å². The Hall–Kier alpha value is -2.86. The topological polar surface area (TPSA) is 61.5 Å². The highest BCUT2D eigenvalue weighted by Gasteiger charge is 2.34. The van der Waals surface area contributed by atoms with Gasteiger partial charge in [-0.3, -0.25) is 15.1 Å². The van der Waals surface area contributed by atoms with Gasteiger partial charge in [0.2, 0.25) is 0 Å². The number of nitrogens with one attached hydrogen (secondary N) is 1. The second kappa shape index (κ2) is 6.63. The van der Waals surface area contributed by atoms with Crippen LogP contribution in [0, 0.1) is 33.1 Å². The molecule has 28 heavy (non-hydrogen) atoms. The van der Waals surface area contributed by atoms with Crippen molar-refractivity contribution in [2.24, 2.45) is 4.99 Å². The average Bonchev–Trinajstić information content (AvgIpc) is 3.12. The lowest BCUT2D eigenvalue weighted by Crippen LogP contribution is -2.37.